The molecular formula is C12H11BrN4. The van der Waals surface area contributed by atoms with Crippen LogP contribution in [0.3, 0.4) is 0 Å². The van der Waals surface area contributed by atoms with E-state index in [1.807, 2.05) is 44.6 Å². The van der Waals surface area contributed by atoms with Gasteiger partial charge >= 0.3 is 0 Å². The third kappa shape index (κ3) is 1.58. The highest BCUT2D eigenvalue weighted by Gasteiger charge is 2.16. The molecular weight excluding hydrogens is 280 g/mol. The van der Waals surface area contributed by atoms with Crippen LogP contribution in [0.4, 0.5) is 0 Å². The topological polar surface area (TPSA) is 35.1 Å². The summed E-state index contributed by atoms with van der Waals surface area (Å²) in [4.78, 5) is 4.53. The number of hydrogen-bond donors (Lipinski definition) is 0. The Labute approximate surface area is 107 Å². The maximum absolute atomic E-state index is 4.53. The maximum atomic E-state index is 4.53. The van der Waals surface area contributed by atoms with Crippen LogP contribution < -0.4 is 0 Å². The fraction of sp³-hybridized carbons (Fsp3) is 0.167. The summed E-state index contributed by atoms with van der Waals surface area (Å²) in [5, 5.41) is 4.47. The lowest BCUT2D eigenvalue weighted by Crippen LogP contribution is -1.92. The number of rotatable bonds is 1. The summed E-state index contributed by atoms with van der Waals surface area (Å²) >= 11 is 3.53. The highest BCUT2D eigenvalue weighted by atomic mass is 79.9. The van der Waals surface area contributed by atoms with Crippen LogP contribution in [0, 0.1) is 6.92 Å². The molecule has 3 rings (SSSR count). The highest BCUT2D eigenvalue weighted by Crippen LogP contribution is 2.29. The first-order valence-electron chi connectivity index (χ1n) is 5.30. The first-order valence-corrected chi connectivity index (χ1v) is 6.09. The van der Waals surface area contributed by atoms with Crippen molar-refractivity contribution < 1.29 is 0 Å². The average Bonchev–Trinajstić information content (AvgIpc) is 2.77. The molecule has 17 heavy (non-hydrogen) atoms. The number of pyridine rings is 1. The van der Waals surface area contributed by atoms with Gasteiger partial charge in [-0.1, -0.05) is 6.07 Å². The summed E-state index contributed by atoms with van der Waals surface area (Å²) < 4.78 is 4.83. The molecule has 0 aliphatic carbocycles. The molecule has 4 nitrogen and oxygen atoms in total. The molecule has 3 heterocycles. The standard InChI is InChI=1S/C12H11BrN4/c1-8-12(11-9(13)7-16(2)15-11)17-6-4-3-5-10(17)14-8/h3-7H,1-2H3. The molecule has 0 atom stereocenters. The molecule has 0 aliphatic rings. The summed E-state index contributed by atoms with van der Waals surface area (Å²) in [7, 11) is 1.91. The number of fused-ring (bicyclic) bond motifs is 1. The van der Waals surface area contributed by atoms with Crippen LogP contribution >= 0.6 is 15.9 Å². The van der Waals surface area contributed by atoms with Crippen molar-refractivity contribution in [2.75, 3.05) is 0 Å². The van der Waals surface area contributed by atoms with Gasteiger partial charge in [-0.3, -0.25) is 9.08 Å². The van der Waals surface area contributed by atoms with Gasteiger partial charge in [-0.15, -0.1) is 0 Å². The van der Waals surface area contributed by atoms with Crippen LogP contribution in [0.2, 0.25) is 0 Å². The molecule has 5 heteroatoms. The molecule has 0 radical (unpaired) electrons. The van der Waals surface area contributed by atoms with Gasteiger partial charge in [0.05, 0.1) is 15.9 Å². The van der Waals surface area contributed by atoms with E-state index in [2.05, 4.69) is 30.4 Å². The third-order valence-electron chi connectivity index (χ3n) is 2.71. The van der Waals surface area contributed by atoms with Crippen molar-refractivity contribution >= 4 is 21.6 Å². The van der Waals surface area contributed by atoms with Crippen molar-refractivity contribution in [2.24, 2.45) is 7.05 Å². The van der Waals surface area contributed by atoms with Gasteiger partial charge in [0.25, 0.3) is 0 Å². The summed E-state index contributed by atoms with van der Waals surface area (Å²) in [6, 6.07) is 5.97. The summed E-state index contributed by atoms with van der Waals surface area (Å²) in [5.41, 5.74) is 3.88. The Balaban J connectivity index is 2.37. The fourth-order valence-electron chi connectivity index (χ4n) is 2.02. The predicted octanol–water partition coefficient (Wildman–Crippen LogP) is 2.81. The summed E-state index contributed by atoms with van der Waals surface area (Å²) in [5.74, 6) is 0. The van der Waals surface area contributed by atoms with E-state index in [1.165, 1.54) is 0 Å². The number of halogens is 1. The Morgan fingerprint density at radius 3 is 2.82 bits per heavy atom. The molecule has 0 saturated heterocycles. The second kappa shape index (κ2) is 3.70. The Morgan fingerprint density at radius 1 is 1.29 bits per heavy atom. The van der Waals surface area contributed by atoms with Crippen molar-refractivity contribution in [3.63, 3.8) is 0 Å². The smallest absolute Gasteiger partial charge is 0.137 e. The Hall–Kier alpha value is -1.62. The normalized spacial score (nSPS) is 11.2. The van der Waals surface area contributed by atoms with E-state index in [0.29, 0.717) is 0 Å². The first-order chi connectivity index (χ1) is 8.16. The molecule has 3 aromatic rings. The van der Waals surface area contributed by atoms with Crippen LogP contribution in [0.1, 0.15) is 5.69 Å². The Bertz CT molecular complexity index is 696. The monoisotopic (exact) mass is 290 g/mol. The minimum absolute atomic E-state index is 0.920. The lowest BCUT2D eigenvalue weighted by Gasteiger charge is -1.99. The van der Waals surface area contributed by atoms with E-state index in [0.717, 1.165) is 27.2 Å². The van der Waals surface area contributed by atoms with Crippen LogP contribution in [0.25, 0.3) is 17.0 Å². The largest absolute Gasteiger partial charge is 0.298 e. The summed E-state index contributed by atoms with van der Waals surface area (Å²) in [6.45, 7) is 2.00. The molecule has 0 aromatic carbocycles. The number of nitrogens with zero attached hydrogens (tertiary/aromatic N) is 4. The fourth-order valence-corrected chi connectivity index (χ4v) is 2.58. The van der Waals surface area contributed by atoms with Gasteiger partial charge < -0.3 is 0 Å². The highest BCUT2D eigenvalue weighted by molar-refractivity contribution is 9.10. The minimum atomic E-state index is 0.920. The van der Waals surface area contributed by atoms with E-state index in [4.69, 9.17) is 0 Å². The van der Waals surface area contributed by atoms with E-state index in [-0.39, 0.29) is 0 Å². The van der Waals surface area contributed by atoms with Crippen molar-refractivity contribution in [1.29, 1.82) is 0 Å². The van der Waals surface area contributed by atoms with Crippen LogP contribution in [-0.2, 0) is 7.05 Å². The molecule has 0 bridgehead atoms. The van der Waals surface area contributed by atoms with Gasteiger partial charge in [0, 0.05) is 19.4 Å². The van der Waals surface area contributed by atoms with E-state index in [1.54, 1.807) is 4.68 Å². The molecule has 3 aromatic heterocycles. The van der Waals surface area contributed by atoms with Gasteiger partial charge in [0.1, 0.15) is 11.3 Å². The number of aromatic nitrogens is 4. The molecule has 0 N–H and O–H groups in total. The van der Waals surface area contributed by atoms with Crippen molar-refractivity contribution in [3.8, 4) is 11.4 Å². The second-order valence-corrected chi connectivity index (χ2v) is 4.83. The van der Waals surface area contributed by atoms with Crippen LogP contribution in [0.5, 0.6) is 0 Å². The quantitative estimate of drug-likeness (QED) is 0.691. The van der Waals surface area contributed by atoms with Gasteiger partial charge in [-0.05, 0) is 35.0 Å². The Morgan fingerprint density at radius 2 is 2.12 bits per heavy atom. The van der Waals surface area contributed by atoms with Crippen molar-refractivity contribution in [2.45, 2.75) is 6.92 Å². The van der Waals surface area contributed by atoms with E-state index < -0.39 is 0 Å². The minimum Gasteiger partial charge on any atom is -0.298 e. The molecule has 0 spiro atoms. The molecule has 0 amide bonds. The lowest BCUT2D eigenvalue weighted by atomic mass is 10.2. The number of hydrogen-bond acceptors (Lipinski definition) is 2. The molecule has 0 aliphatic heterocycles. The molecule has 0 unspecified atom stereocenters. The molecule has 0 fully saturated rings. The van der Waals surface area contributed by atoms with E-state index >= 15 is 0 Å². The van der Waals surface area contributed by atoms with Crippen LogP contribution in [-0.4, -0.2) is 19.2 Å². The average molecular weight is 291 g/mol. The zero-order valence-corrected chi connectivity index (χ0v) is 11.1. The SMILES string of the molecule is Cc1nc2ccccn2c1-c1nn(C)cc1Br. The third-order valence-corrected chi connectivity index (χ3v) is 3.29. The number of aryl methyl sites for hydroxylation is 2. The van der Waals surface area contributed by atoms with Gasteiger partial charge in [0.2, 0.25) is 0 Å². The molecule has 0 saturated carbocycles. The van der Waals surface area contributed by atoms with E-state index in [9.17, 15) is 0 Å². The van der Waals surface area contributed by atoms with Crippen molar-refractivity contribution in [3.05, 3.63) is 40.8 Å². The summed E-state index contributed by atoms with van der Waals surface area (Å²) in [6.07, 6.45) is 3.95. The van der Waals surface area contributed by atoms with Gasteiger partial charge in [-0.2, -0.15) is 5.10 Å². The lowest BCUT2D eigenvalue weighted by molar-refractivity contribution is 0.769. The van der Waals surface area contributed by atoms with Crippen molar-refractivity contribution in [1.82, 2.24) is 19.2 Å². The maximum Gasteiger partial charge on any atom is 0.137 e. The van der Waals surface area contributed by atoms with Gasteiger partial charge in [0.15, 0.2) is 0 Å². The molecule has 86 valence electrons. The second-order valence-electron chi connectivity index (χ2n) is 3.97. The van der Waals surface area contributed by atoms with Gasteiger partial charge in [-0.25, -0.2) is 4.98 Å². The number of imidazole rings is 1. The first kappa shape index (κ1) is 10.5. The van der Waals surface area contributed by atoms with Crippen LogP contribution in [0.15, 0.2) is 35.1 Å². The predicted molar refractivity (Wildman–Crippen MR) is 69.8 cm³/mol. The Kier molecular flexibility index (Phi) is 2.29. The zero-order chi connectivity index (χ0) is 12.0. The zero-order valence-electron chi connectivity index (χ0n) is 9.55.